The predicted molar refractivity (Wildman–Crippen MR) is 106 cm³/mol. The summed E-state index contributed by atoms with van der Waals surface area (Å²) < 4.78 is 27.8. The maximum atomic E-state index is 13.1. The molecule has 1 amide bonds. The van der Waals surface area contributed by atoms with Crippen LogP contribution >= 0.6 is 0 Å². The van der Waals surface area contributed by atoms with Gasteiger partial charge >= 0.3 is 0 Å². The highest BCUT2D eigenvalue weighted by Gasteiger charge is 2.32. The number of sulfonamides is 1. The molecule has 0 aromatic heterocycles. The number of nitrogens with zero attached hydrogens (tertiary/aromatic N) is 3. The van der Waals surface area contributed by atoms with Crippen molar-refractivity contribution in [3.63, 3.8) is 0 Å². The number of benzene rings is 1. The molecular weight excluding hydrogens is 362 g/mol. The Balaban J connectivity index is 1.64. The van der Waals surface area contributed by atoms with Gasteiger partial charge in [0, 0.05) is 26.2 Å². The van der Waals surface area contributed by atoms with Crippen LogP contribution < -0.4 is 0 Å². The van der Waals surface area contributed by atoms with Gasteiger partial charge in [0.15, 0.2) is 0 Å². The number of likely N-dealkylation sites (tertiary alicyclic amines) is 1. The molecule has 2 fully saturated rings. The highest BCUT2D eigenvalue weighted by Crippen LogP contribution is 2.26. The van der Waals surface area contributed by atoms with Gasteiger partial charge in [0.25, 0.3) is 0 Å². The minimum atomic E-state index is -3.53. The third kappa shape index (κ3) is 4.52. The maximum Gasteiger partial charge on any atom is 0.243 e. The minimum Gasteiger partial charge on any atom is -0.339 e. The average Bonchev–Trinajstić information content (AvgIpc) is 2.61. The van der Waals surface area contributed by atoms with Crippen LogP contribution in [0.15, 0.2) is 17.0 Å². The molecule has 3 rings (SSSR count). The Kier molecular flexibility index (Phi) is 6.23. The highest BCUT2D eigenvalue weighted by atomic mass is 32.2. The summed E-state index contributed by atoms with van der Waals surface area (Å²) >= 11 is 0. The molecular formula is C20H31N3O3S. The molecule has 6 nitrogen and oxygen atoms in total. The molecule has 1 aromatic rings. The van der Waals surface area contributed by atoms with Crippen molar-refractivity contribution in [2.45, 2.75) is 44.9 Å². The lowest BCUT2D eigenvalue weighted by molar-refractivity contribution is -0.133. The molecule has 2 aliphatic rings. The molecule has 0 unspecified atom stereocenters. The van der Waals surface area contributed by atoms with Crippen LogP contribution in [0.25, 0.3) is 0 Å². The lowest BCUT2D eigenvalue weighted by Gasteiger charge is -2.36. The Morgan fingerprint density at radius 1 is 0.889 bits per heavy atom. The van der Waals surface area contributed by atoms with Gasteiger partial charge < -0.3 is 4.90 Å². The Morgan fingerprint density at radius 3 is 2.00 bits per heavy atom. The second-order valence-electron chi connectivity index (χ2n) is 7.85. The van der Waals surface area contributed by atoms with Gasteiger partial charge in [-0.25, -0.2) is 8.42 Å². The summed E-state index contributed by atoms with van der Waals surface area (Å²) in [5.41, 5.74) is 2.64. The van der Waals surface area contributed by atoms with Crippen molar-refractivity contribution in [3.05, 3.63) is 28.8 Å². The second kappa shape index (κ2) is 8.29. The van der Waals surface area contributed by atoms with E-state index in [1.807, 2.05) is 37.8 Å². The van der Waals surface area contributed by atoms with Gasteiger partial charge in [-0.05, 0) is 57.8 Å². The van der Waals surface area contributed by atoms with Crippen LogP contribution in [0.5, 0.6) is 0 Å². The van der Waals surface area contributed by atoms with Gasteiger partial charge in [-0.3, -0.25) is 9.69 Å². The van der Waals surface area contributed by atoms with Crippen molar-refractivity contribution in [2.24, 2.45) is 0 Å². The number of aryl methyl sites for hydroxylation is 3. The van der Waals surface area contributed by atoms with Gasteiger partial charge in [0.05, 0.1) is 11.4 Å². The van der Waals surface area contributed by atoms with Gasteiger partial charge in [-0.1, -0.05) is 24.1 Å². The second-order valence-corrected chi connectivity index (χ2v) is 9.72. The average molecular weight is 394 g/mol. The Morgan fingerprint density at radius 2 is 1.44 bits per heavy atom. The third-order valence-corrected chi connectivity index (χ3v) is 7.81. The normalized spacial score (nSPS) is 20.0. The van der Waals surface area contributed by atoms with Crippen molar-refractivity contribution >= 4 is 15.9 Å². The lowest BCUT2D eigenvalue weighted by atomic mass is 10.1. The fraction of sp³-hybridized carbons (Fsp3) is 0.650. The molecule has 2 heterocycles. The summed E-state index contributed by atoms with van der Waals surface area (Å²) in [4.78, 5) is 17.0. The highest BCUT2D eigenvalue weighted by molar-refractivity contribution is 7.89. The number of rotatable bonds is 4. The van der Waals surface area contributed by atoms with E-state index in [1.165, 1.54) is 10.7 Å². The van der Waals surface area contributed by atoms with Crippen LogP contribution in [-0.2, 0) is 14.8 Å². The standard InChI is InChI=1S/C20H31N3O3S/c1-16-13-17(2)20(18(3)14-16)27(25,26)23-11-9-22(10-12-23)19(24)15-21-7-5-4-6-8-21/h13-14H,4-12,15H2,1-3H3. The number of carbonyl (C=O) groups excluding carboxylic acids is 1. The van der Waals surface area contributed by atoms with Crippen LogP contribution in [0.2, 0.25) is 0 Å². The first kappa shape index (κ1) is 20.3. The first-order chi connectivity index (χ1) is 12.8. The van der Waals surface area contributed by atoms with E-state index in [9.17, 15) is 13.2 Å². The van der Waals surface area contributed by atoms with Gasteiger partial charge in [0.1, 0.15) is 0 Å². The molecule has 150 valence electrons. The van der Waals surface area contributed by atoms with Crippen LogP contribution in [0.3, 0.4) is 0 Å². The Hall–Kier alpha value is -1.44. The van der Waals surface area contributed by atoms with Crippen molar-refractivity contribution in [2.75, 3.05) is 45.8 Å². The summed E-state index contributed by atoms with van der Waals surface area (Å²) in [6.45, 7) is 9.79. The number of piperazine rings is 1. The molecule has 0 N–H and O–H groups in total. The summed E-state index contributed by atoms with van der Waals surface area (Å²) in [7, 11) is -3.53. The molecule has 7 heteroatoms. The van der Waals surface area contributed by atoms with Gasteiger partial charge in [-0.15, -0.1) is 0 Å². The van der Waals surface area contributed by atoms with Gasteiger partial charge in [-0.2, -0.15) is 4.31 Å². The van der Waals surface area contributed by atoms with E-state index in [4.69, 9.17) is 0 Å². The van der Waals surface area contributed by atoms with E-state index in [0.29, 0.717) is 37.6 Å². The van der Waals surface area contributed by atoms with Crippen LogP contribution in [0.4, 0.5) is 0 Å². The van der Waals surface area contributed by atoms with Crippen molar-refractivity contribution < 1.29 is 13.2 Å². The molecule has 0 radical (unpaired) electrons. The topological polar surface area (TPSA) is 60.9 Å². The molecule has 1 aromatic carbocycles. The first-order valence-corrected chi connectivity index (χ1v) is 11.3. The van der Waals surface area contributed by atoms with Crippen molar-refractivity contribution in [1.29, 1.82) is 0 Å². The zero-order valence-corrected chi connectivity index (χ0v) is 17.5. The van der Waals surface area contributed by atoms with Crippen LogP contribution in [0, 0.1) is 20.8 Å². The smallest absolute Gasteiger partial charge is 0.243 e. The zero-order valence-electron chi connectivity index (χ0n) is 16.7. The Labute approximate surface area is 163 Å². The quantitative estimate of drug-likeness (QED) is 0.784. The number of amides is 1. The number of carbonyl (C=O) groups is 1. The van der Waals surface area contributed by atoms with E-state index < -0.39 is 10.0 Å². The van der Waals surface area contributed by atoms with E-state index in [0.717, 1.165) is 42.6 Å². The molecule has 0 spiro atoms. The van der Waals surface area contributed by atoms with E-state index in [-0.39, 0.29) is 5.91 Å². The molecule has 2 saturated heterocycles. The van der Waals surface area contributed by atoms with Crippen molar-refractivity contribution in [3.8, 4) is 0 Å². The SMILES string of the molecule is Cc1cc(C)c(S(=O)(=O)N2CCN(C(=O)CN3CCCCC3)CC2)c(C)c1. The number of hydrogen-bond donors (Lipinski definition) is 0. The fourth-order valence-electron chi connectivity index (χ4n) is 4.29. The fourth-order valence-corrected chi connectivity index (χ4v) is 6.12. The maximum absolute atomic E-state index is 13.1. The van der Waals surface area contributed by atoms with E-state index in [2.05, 4.69) is 4.90 Å². The zero-order chi connectivity index (χ0) is 19.6. The lowest BCUT2D eigenvalue weighted by Crippen LogP contribution is -2.53. The largest absolute Gasteiger partial charge is 0.339 e. The van der Waals surface area contributed by atoms with Crippen LogP contribution in [0.1, 0.15) is 36.0 Å². The van der Waals surface area contributed by atoms with Gasteiger partial charge in [0.2, 0.25) is 15.9 Å². The number of piperidine rings is 1. The van der Waals surface area contributed by atoms with E-state index in [1.54, 1.807) is 0 Å². The molecule has 0 saturated carbocycles. The van der Waals surface area contributed by atoms with Crippen molar-refractivity contribution in [1.82, 2.24) is 14.1 Å². The summed E-state index contributed by atoms with van der Waals surface area (Å²) in [5, 5.41) is 0. The Bertz CT molecular complexity index is 770. The molecule has 0 bridgehead atoms. The number of hydrogen-bond acceptors (Lipinski definition) is 4. The monoisotopic (exact) mass is 393 g/mol. The van der Waals surface area contributed by atoms with E-state index >= 15 is 0 Å². The molecule has 0 aliphatic carbocycles. The first-order valence-electron chi connectivity index (χ1n) is 9.87. The summed E-state index contributed by atoms with van der Waals surface area (Å²) in [6, 6.07) is 3.83. The minimum absolute atomic E-state index is 0.122. The summed E-state index contributed by atoms with van der Waals surface area (Å²) in [6.07, 6.45) is 3.57. The molecule has 0 atom stereocenters. The molecule has 27 heavy (non-hydrogen) atoms. The molecule has 2 aliphatic heterocycles. The predicted octanol–water partition coefficient (Wildman–Crippen LogP) is 1.93. The third-order valence-electron chi connectivity index (χ3n) is 5.60. The summed E-state index contributed by atoms with van der Waals surface area (Å²) in [5.74, 6) is 0.122. The van der Waals surface area contributed by atoms with Crippen LogP contribution in [-0.4, -0.2) is 74.2 Å².